The fraction of sp³-hybridized carbons (Fsp3) is 1.00. The van der Waals surface area contributed by atoms with E-state index in [4.69, 9.17) is 0 Å². The molecule has 0 amide bonds. The molecule has 2 fully saturated rings. The highest BCUT2D eigenvalue weighted by Crippen LogP contribution is 2.32. The van der Waals surface area contributed by atoms with Crippen LogP contribution in [-0.2, 0) is 0 Å². The molecule has 2 nitrogen and oxygen atoms in total. The first kappa shape index (κ1) is 14.3. The predicted molar refractivity (Wildman–Crippen MR) is 78.8 cm³/mol. The summed E-state index contributed by atoms with van der Waals surface area (Å²) in [5.74, 6) is 2.67. The predicted octanol–water partition coefficient (Wildman–Crippen LogP) is 3.13. The molecule has 1 N–H and O–H groups in total. The Morgan fingerprint density at radius 2 is 2.00 bits per heavy atom. The molecule has 2 heteroatoms. The lowest BCUT2D eigenvalue weighted by Crippen LogP contribution is -2.63. The Kier molecular flexibility index (Phi) is 4.38. The van der Waals surface area contributed by atoms with Crippen molar-refractivity contribution in [1.29, 1.82) is 0 Å². The van der Waals surface area contributed by atoms with Crippen LogP contribution in [0.5, 0.6) is 0 Å². The van der Waals surface area contributed by atoms with Gasteiger partial charge >= 0.3 is 0 Å². The van der Waals surface area contributed by atoms with Crippen molar-refractivity contribution in [3.05, 3.63) is 0 Å². The third kappa shape index (κ3) is 3.48. The molecule has 0 radical (unpaired) electrons. The molecule has 2 rings (SSSR count). The van der Waals surface area contributed by atoms with Gasteiger partial charge < -0.3 is 5.32 Å². The Bertz CT molecular complexity index is 272. The average Bonchev–Trinajstić information content (AvgIpc) is 2.62. The first-order chi connectivity index (χ1) is 8.37. The van der Waals surface area contributed by atoms with Crippen LogP contribution in [0.25, 0.3) is 0 Å². The van der Waals surface area contributed by atoms with Crippen LogP contribution in [0.2, 0.25) is 0 Å². The zero-order chi connectivity index (χ0) is 13.3. The van der Waals surface area contributed by atoms with E-state index in [1.807, 2.05) is 0 Å². The molecule has 106 valence electrons. The summed E-state index contributed by atoms with van der Waals surface area (Å²) in [6, 6.07) is 0.730. The van der Waals surface area contributed by atoms with E-state index in [1.54, 1.807) is 0 Å². The van der Waals surface area contributed by atoms with E-state index in [0.29, 0.717) is 0 Å². The van der Waals surface area contributed by atoms with Gasteiger partial charge in [-0.3, -0.25) is 4.90 Å². The SMILES string of the molecule is CC1CCC(CN2CC(C)(C)NCC2C(C)C)C1. The minimum Gasteiger partial charge on any atom is -0.309 e. The number of hydrogen-bond donors (Lipinski definition) is 1. The molecular weight excluding hydrogens is 220 g/mol. The number of nitrogens with one attached hydrogen (secondary N) is 1. The summed E-state index contributed by atoms with van der Waals surface area (Å²) in [4.78, 5) is 2.78. The minimum atomic E-state index is 0.287. The van der Waals surface area contributed by atoms with Gasteiger partial charge in [-0.15, -0.1) is 0 Å². The lowest BCUT2D eigenvalue weighted by atomic mass is 9.91. The highest BCUT2D eigenvalue weighted by atomic mass is 15.3. The smallest absolute Gasteiger partial charge is 0.0252 e. The van der Waals surface area contributed by atoms with Gasteiger partial charge in [-0.2, -0.15) is 0 Å². The van der Waals surface area contributed by atoms with Gasteiger partial charge in [0.25, 0.3) is 0 Å². The molecule has 1 aliphatic heterocycles. The van der Waals surface area contributed by atoms with Gasteiger partial charge in [0.15, 0.2) is 0 Å². The zero-order valence-corrected chi connectivity index (χ0v) is 13.0. The zero-order valence-electron chi connectivity index (χ0n) is 13.0. The molecule has 18 heavy (non-hydrogen) atoms. The van der Waals surface area contributed by atoms with Crippen LogP contribution in [0.3, 0.4) is 0 Å². The summed E-state index contributed by atoms with van der Waals surface area (Å²) in [6.07, 6.45) is 4.36. The molecule has 1 aliphatic carbocycles. The average molecular weight is 252 g/mol. The molecular formula is C16H32N2. The summed E-state index contributed by atoms with van der Waals surface area (Å²) < 4.78 is 0. The number of rotatable bonds is 3. The molecule has 3 unspecified atom stereocenters. The van der Waals surface area contributed by atoms with Crippen molar-refractivity contribution in [3.63, 3.8) is 0 Å². The van der Waals surface area contributed by atoms with E-state index in [2.05, 4.69) is 44.8 Å². The van der Waals surface area contributed by atoms with Gasteiger partial charge in [0, 0.05) is 31.2 Å². The molecule has 0 aromatic rings. The molecule has 2 aliphatic rings. The van der Waals surface area contributed by atoms with Crippen molar-refractivity contribution in [2.75, 3.05) is 19.6 Å². The van der Waals surface area contributed by atoms with Crippen molar-refractivity contribution in [1.82, 2.24) is 10.2 Å². The van der Waals surface area contributed by atoms with Crippen molar-refractivity contribution >= 4 is 0 Å². The number of piperazine rings is 1. The van der Waals surface area contributed by atoms with Crippen LogP contribution in [0.15, 0.2) is 0 Å². The normalized spacial score (nSPS) is 37.3. The third-order valence-electron chi connectivity index (χ3n) is 4.92. The summed E-state index contributed by atoms with van der Waals surface area (Å²) >= 11 is 0. The third-order valence-corrected chi connectivity index (χ3v) is 4.92. The first-order valence-electron chi connectivity index (χ1n) is 7.86. The van der Waals surface area contributed by atoms with Crippen molar-refractivity contribution in [2.24, 2.45) is 17.8 Å². The highest BCUT2D eigenvalue weighted by molar-refractivity contribution is 4.94. The quantitative estimate of drug-likeness (QED) is 0.830. The monoisotopic (exact) mass is 252 g/mol. The van der Waals surface area contributed by atoms with Crippen LogP contribution in [0.1, 0.15) is 53.9 Å². The van der Waals surface area contributed by atoms with Gasteiger partial charge in [0.2, 0.25) is 0 Å². The first-order valence-corrected chi connectivity index (χ1v) is 7.86. The topological polar surface area (TPSA) is 15.3 Å². The Labute approximate surface area is 114 Å². The van der Waals surface area contributed by atoms with Crippen LogP contribution in [0.4, 0.5) is 0 Å². The van der Waals surface area contributed by atoms with Gasteiger partial charge in [-0.05, 0) is 44.4 Å². The van der Waals surface area contributed by atoms with Gasteiger partial charge in [0.05, 0.1) is 0 Å². The maximum absolute atomic E-state index is 3.71. The highest BCUT2D eigenvalue weighted by Gasteiger charge is 2.35. The lowest BCUT2D eigenvalue weighted by Gasteiger charge is -2.47. The summed E-state index contributed by atoms with van der Waals surface area (Å²) in [5, 5.41) is 3.71. The second-order valence-corrected chi connectivity index (χ2v) is 7.79. The number of nitrogens with zero attached hydrogens (tertiary/aromatic N) is 1. The summed E-state index contributed by atoms with van der Waals surface area (Å²) in [7, 11) is 0. The van der Waals surface area contributed by atoms with E-state index in [0.717, 1.165) is 30.3 Å². The second kappa shape index (κ2) is 5.50. The largest absolute Gasteiger partial charge is 0.309 e. The second-order valence-electron chi connectivity index (χ2n) is 7.79. The maximum atomic E-state index is 3.71. The van der Waals surface area contributed by atoms with E-state index in [1.165, 1.54) is 32.4 Å². The standard InChI is InChI=1S/C16H32N2/c1-12(2)15-9-17-16(4,5)11-18(15)10-14-7-6-13(3)8-14/h12-15,17H,6-11H2,1-5H3. The molecule has 0 aromatic heterocycles. The number of hydrogen-bond acceptors (Lipinski definition) is 2. The van der Waals surface area contributed by atoms with Crippen molar-refractivity contribution in [3.8, 4) is 0 Å². The Morgan fingerprint density at radius 3 is 2.56 bits per heavy atom. The van der Waals surface area contributed by atoms with Crippen LogP contribution in [-0.4, -0.2) is 36.1 Å². The maximum Gasteiger partial charge on any atom is 0.0252 e. The van der Waals surface area contributed by atoms with Gasteiger partial charge in [-0.1, -0.05) is 27.2 Å². The molecule has 3 atom stereocenters. The van der Waals surface area contributed by atoms with E-state index < -0.39 is 0 Å². The molecule has 0 aromatic carbocycles. The minimum absolute atomic E-state index is 0.287. The summed E-state index contributed by atoms with van der Waals surface area (Å²) in [5.41, 5.74) is 0.287. The fourth-order valence-electron chi connectivity index (χ4n) is 3.87. The Hall–Kier alpha value is -0.0800. The van der Waals surface area contributed by atoms with Gasteiger partial charge in [-0.25, -0.2) is 0 Å². The molecule has 1 heterocycles. The van der Waals surface area contributed by atoms with Crippen molar-refractivity contribution < 1.29 is 0 Å². The van der Waals surface area contributed by atoms with E-state index in [-0.39, 0.29) is 5.54 Å². The van der Waals surface area contributed by atoms with Crippen LogP contribution < -0.4 is 5.32 Å². The van der Waals surface area contributed by atoms with Crippen LogP contribution >= 0.6 is 0 Å². The van der Waals surface area contributed by atoms with E-state index >= 15 is 0 Å². The van der Waals surface area contributed by atoms with Gasteiger partial charge in [0.1, 0.15) is 0 Å². The van der Waals surface area contributed by atoms with Crippen LogP contribution in [0, 0.1) is 17.8 Å². The lowest BCUT2D eigenvalue weighted by molar-refractivity contribution is 0.0555. The molecule has 1 saturated heterocycles. The summed E-state index contributed by atoms with van der Waals surface area (Å²) in [6.45, 7) is 15.5. The molecule has 0 bridgehead atoms. The molecule has 0 spiro atoms. The van der Waals surface area contributed by atoms with E-state index in [9.17, 15) is 0 Å². The molecule has 1 saturated carbocycles. The van der Waals surface area contributed by atoms with Crippen molar-refractivity contribution in [2.45, 2.75) is 65.5 Å². The Morgan fingerprint density at radius 1 is 1.28 bits per heavy atom. The Balaban J connectivity index is 1.96. The fourth-order valence-corrected chi connectivity index (χ4v) is 3.87.